The van der Waals surface area contributed by atoms with Gasteiger partial charge in [0.05, 0.1) is 0 Å². The summed E-state index contributed by atoms with van der Waals surface area (Å²) in [4.78, 5) is 0. The summed E-state index contributed by atoms with van der Waals surface area (Å²) in [5.41, 5.74) is 1.42. The summed E-state index contributed by atoms with van der Waals surface area (Å²) in [6.07, 6.45) is 9.86. The van der Waals surface area contributed by atoms with Gasteiger partial charge in [0, 0.05) is 0 Å². The Morgan fingerprint density at radius 1 is 0.917 bits per heavy atom. The average Bonchev–Trinajstić information content (AvgIpc) is 2.59. The van der Waals surface area contributed by atoms with Gasteiger partial charge < -0.3 is 0 Å². The molecule has 0 saturated heterocycles. The van der Waals surface area contributed by atoms with Crippen LogP contribution in [0.1, 0.15) is 5.56 Å². The van der Waals surface area contributed by atoms with E-state index in [9.17, 15) is 0 Å². The molecule has 0 spiro atoms. The maximum Gasteiger partial charge on any atom is -0.000683 e. The minimum absolute atomic E-state index is 0.618. The van der Waals surface area contributed by atoms with Gasteiger partial charge in [-0.15, -0.1) is 0 Å². The Morgan fingerprint density at radius 3 is 2.25 bits per heavy atom. The van der Waals surface area contributed by atoms with Crippen LogP contribution in [0.15, 0.2) is 54.6 Å². The predicted octanol–water partition coefficient (Wildman–Crippen LogP) is 2.97. The molecule has 0 heterocycles. The topological polar surface area (TPSA) is 0 Å². The van der Waals surface area contributed by atoms with Crippen molar-refractivity contribution < 1.29 is 0 Å². The second-order valence-corrected chi connectivity index (χ2v) is 3.12. The standard InChI is InChI=1S/C12H12/c1-2-6-11(7-3-1)10-12-8-4-5-9-12/h1-9,12H,10H2. The first-order valence-corrected chi connectivity index (χ1v) is 4.34. The summed E-state index contributed by atoms with van der Waals surface area (Å²) in [6.45, 7) is 0. The molecule has 0 fully saturated rings. The molecule has 0 radical (unpaired) electrons. The molecule has 1 aliphatic carbocycles. The van der Waals surface area contributed by atoms with E-state index in [4.69, 9.17) is 0 Å². The van der Waals surface area contributed by atoms with Crippen LogP contribution >= 0.6 is 0 Å². The summed E-state index contributed by atoms with van der Waals surface area (Å²) in [5.74, 6) is 0.618. The van der Waals surface area contributed by atoms with Gasteiger partial charge in [-0.05, 0) is 17.9 Å². The van der Waals surface area contributed by atoms with Gasteiger partial charge in [-0.2, -0.15) is 0 Å². The first-order chi connectivity index (χ1) is 5.95. The van der Waals surface area contributed by atoms with Crippen molar-refractivity contribution in [2.75, 3.05) is 0 Å². The summed E-state index contributed by atoms with van der Waals surface area (Å²) in [5, 5.41) is 0. The van der Waals surface area contributed by atoms with E-state index in [1.54, 1.807) is 0 Å². The van der Waals surface area contributed by atoms with Crippen molar-refractivity contribution in [1.82, 2.24) is 0 Å². The third-order valence-electron chi connectivity index (χ3n) is 2.14. The normalized spacial score (nSPS) is 15.7. The molecule has 0 saturated carbocycles. The van der Waals surface area contributed by atoms with Crippen LogP contribution in [0.25, 0.3) is 0 Å². The van der Waals surface area contributed by atoms with Crippen LogP contribution in [0.4, 0.5) is 0 Å². The zero-order valence-corrected chi connectivity index (χ0v) is 6.98. The van der Waals surface area contributed by atoms with E-state index in [1.165, 1.54) is 5.56 Å². The average molecular weight is 156 g/mol. The number of rotatable bonds is 2. The van der Waals surface area contributed by atoms with Gasteiger partial charge in [-0.3, -0.25) is 0 Å². The Bertz CT molecular complexity index is 281. The van der Waals surface area contributed by atoms with Crippen molar-refractivity contribution >= 4 is 0 Å². The molecule has 60 valence electrons. The lowest BCUT2D eigenvalue weighted by Gasteiger charge is -2.03. The molecule has 1 aromatic carbocycles. The first kappa shape index (κ1) is 7.35. The summed E-state index contributed by atoms with van der Waals surface area (Å²) >= 11 is 0. The maximum atomic E-state index is 2.24. The smallest absolute Gasteiger partial charge is 0.000683 e. The van der Waals surface area contributed by atoms with E-state index in [0.717, 1.165) is 6.42 Å². The molecule has 0 aromatic heterocycles. The number of hydrogen-bond donors (Lipinski definition) is 0. The van der Waals surface area contributed by atoms with Crippen LogP contribution in [-0.4, -0.2) is 0 Å². The highest BCUT2D eigenvalue weighted by Gasteiger charge is 2.03. The lowest BCUT2D eigenvalue weighted by Crippen LogP contribution is -1.94. The van der Waals surface area contributed by atoms with E-state index in [0.29, 0.717) is 5.92 Å². The summed E-state index contributed by atoms with van der Waals surface area (Å²) < 4.78 is 0. The Kier molecular flexibility index (Phi) is 2.08. The summed E-state index contributed by atoms with van der Waals surface area (Å²) in [6, 6.07) is 10.6. The van der Waals surface area contributed by atoms with Crippen molar-refractivity contribution in [3.8, 4) is 0 Å². The van der Waals surface area contributed by atoms with Crippen LogP contribution in [-0.2, 0) is 6.42 Å². The molecule has 12 heavy (non-hydrogen) atoms. The van der Waals surface area contributed by atoms with Crippen molar-refractivity contribution in [2.24, 2.45) is 5.92 Å². The van der Waals surface area contributed by atoms with E-state index in [2.05, 4.69) is 54.6 Å². The number of benzene rings is 1. The molecule has 0 amide bonds. The Hall–Kier alpha value is -1.30. The largest absolute Gasteiger partial charge is 0.0773 e. The SMILES string of the molecule is C1=CC(Cc2ccccc2)C=C1. The van der Waals surface area contributed by atoms with Gasteiger partial charge in [0.1, 0.15) is 0 Å². The second kappa shape index (κ2) is 3.40. The molecule has 0 bridgehead atoms. The van der Waals surface area contributed by atoms with E-state index in [1.807, 2.05) is 0 Å². The molecule has 0 atom stereocenters. The van der Waals surface area contributed by atoms with Crippen molar-refractivity contribution in [3.63, 3.8) is 0 Å². The molecule has 0 N–H and O–H groups in total. The molecular formula is C12H12. The molecule has 0 aliphatic heterocycles. The quantitative estimate of drug-likeness (QED) is 0.617. The maximum absolute atomic E-state index is 2.24. The second-order valence-electron chi connectivity index (χ2n) is 3.12. The number of hydrogen-bond acceptors (Lipinski definition) is 0. The summed E-state index contributed by atoms with van der Waals surface area (Å²) in [7, 11) is 0. The fourth-order valence-corrected chi connectivity index (χ4v) is 1.50. The van der Waals surface area contributed by atoms with Crippen LogP contribution in [0.2, 0.25) is 0 Å². The van der Waals surface area contributed by atoms with Crippen LogP contribution in [0, 0.1) is 5.92 Å². The fraction of sp³-hybridized carbons (Fsp3) is 0.167. The molecule has 1 aliphatic rings. The van der Waals surface area contributed by atoms with Crippen molar-refractivity contribution in [3.05, 3.63) is 60.2 Å². The Morgan fingerprint density at radius 2 is 1.58 bits per heavy atom. The highest BCUT2D eigenvalue weighted by molar-refractivity contribution is 5.23. The predicted molar refractivity (Wildman–Crippen MR) is 51.9 cm³/mol. The minimum atomic E-state index is 0.618. The van der Waals surface area contributed by atoms with E-state index in [-0.39, 0.29) is 0 Å². The van der Waals surface area contributed by atoms with Gasteiger partial charge in [0.2, 0.25) is 0 Å². The number of allylic oxidation sites excluding steroid dienone is 4. The third kappa shape index (κ3) is 1.65. The monoisotopic (exact) mass is 156 g/mol. The van der Waals surface area contributed by atoms with E-state index >= 15 is 0 Å². The van der Waals surface area contributed by atoms with Crippen molar-refractivity contribution in [1.29, 1.82) is 0 Å². The lowest BCUT2D eigenvalue weighted by atomic mass is 10.0. The molecular weight excluding hydrogens is 144 g/mol. The van der Waals surface area contributed by atoms with Crippen molar-refractivity contribution in [2.45, 2.75) is 6.42 Å². The van der Waals surface area contributed by atoms with Crippen LogP contribution in [0.5, 0.6) is 0 Å². The molecule has 1 aromatic rings. The van der Waals surface area contributed by atoms with Gasteiger partial charge in [-0.25, -0.2) is 0 Å². The van der Waals surface area contributed by atoms with Gasteiger partial charge >= 0.3 is 0 Å². The van der Waals surface area contributed by atoms with Crippen LogP contribution < -0.4 is 0 Å². The molecule has 0 heteroatoms. The molecule has 2 rings (SSSR count). The van der Waals surface area contributed by atoms with Gasteiger partial charge in [-0.1, -0.05) is 54.6 Å². The van der Waals surface area contributed by atoms with Gasteiger partial charge in [0.25, 0.3) is 0 Å². The Labute approximate surface area is 73.2 Å². The zero-order valence-electron chi connectivity index (χ0n) is 6.98. The fourth-order valence-electron chi connectivity index (χ4n) is 1.50. The highest BCUT2D eigenvalue weighted by atomic mass is 14.1. The first-order valence-electron chi connectivity index (χ1n) is 4.34. The van der Waals surface area contributed by atoms with Gasteiger partial charge in [0.15, 0.2) is 0 Å². The van der Waals surface area contributed by atoms with Crippen LogP contribution in [0.3, 0.4) is 0 Å². The molecule has 0 unspecified atom stereocenters. The lowest BCUT2D eigenvalue weighted by molar-refractivity contribution is 0.816. The highest BCUT2D eigenvalue weighted by Crippen LogP contribution is 2.15. The molecule has 0 nitrogen and oxygen atoms in total. The Balaban J connectivity index is 2.04. The third-order valence-corrected chi connectivity index (χ3v) is 2.14. The zero-order chi connectivity index (χ0) is 8.23. The van der Waals surface area contributed by atoms with E-state index < -0.39 is 0 Å². The minimum Gasteiger partial charge on any atom is -0.0773 e.